The molecule has 0 saturated carbocycles. The molecule has 4 rings (SSSR count). The summed E-state index contributed by atoms with van der Waals surface area (Å²) in [5.41, 5.74) is 1.36. The maximum absolute atomic E-state index is 13.0. The lowest BCUT2D eigenvalue weighted by atomic mass is 10.1. The van der Waals surface area contributed by atoms with E-state index in [1.54, 1.807) is 6.07 Å². The Morgan fingerprint density at radius 3 is 2.96 bits per heavy atom. The predicted molar refractivity (Wildman–Crippen MR) is 81.8 cm³/mol. The van der Waals surface area contributed by atoms with Crippen molar-refractivity contribution in [1.82, 2.24) is 19.9 Å². The highest BCUT2D eigenvalue weighted by atomic mass is 19.1. The molecule has 2 atom stereocenters. The molecule has 8 heteroatoms. The number of carboxylic acid groups (broad SMARTS) is 1. The maximum Gasteiger partial charge on any atom is 0.407 e. The zero-order chi connectivity index (χ0) is 16.7. The monoisotopic (exact) mass is 332 g/mol. The largest absolute Gasteiger partial charge is 0.465 e. The number of halogens is 1. The van der Waals surface area contributed by atoms with Crippen molar-refractivity contribution in [2.24, 2.45) is 0 Å². The van der Waals surface area contributed by atoms with Crippen LogP contribution >= 0.6 is 0 Å². The van der Waals surface area contributed by atoms with Crippen molar-refractivity contribution in [3.63, 3.8) is 0 Å². The first-order valence-corrected chi connectivity index (χ1v) is 7.94. The van der Waals surface area contributed by atoms with Crippen LogP contribution in [-0.4, -0.2) is 56.8 Å². The van der Waals surface area contributed by atoms with Crippen molar-refractivity contribution in [3.8, 4) is 11.5 Å². The van der Waals surface area contributed by atoms with Crippen molar-refractivity contribution in [2.45, 2.75) is 24.9 Å². The highest BCUT2D eigenvalue weighted by Gasteiger charge is 2.40. The Labute approximate surface area is 137 Å². The van der Waals surface area contributed by atoms with Gasteiger partial charge in [0.2, 0.25) is 0 Å². The van der Waals surface area contributed by atoms with Gasteiger partial charge in [-0.05, 0) is 25.0 Å². The minimum absolute atomic E-state index is 0.129. The van der Waals surface area contributed by atoms with Gasteiger partial charge >= 0.3 is 6.09 Å². The second-order valence-electron chi connectivity index (χ2n) is 6.19. The number of fused-ring (bicyclic) bond motifs is 1. The Morgan fingerprint density at radius 2 is 2.21 bits per heavy atom. The molecule has 0 aromatic carbocycles. The van der Waals surface area contributed by atoms with Crippen LogP contribution in [0.1, 0.15) is 24.6 Å². The molecule has 7 nitrogen and oxygen atoms in total. The van der Waals surface area contributed by atoms with Crippen molar-refractivity contribution in [1.29, 1.82) is 0 Å². The molecule has 0 aliphatic carbocycles. The fourth-order valence-electron chi connectivity index (χ4n) is 3.63. The molecule has 2 fully saturated rings. The highest BCUT2D eigenvalue weighted by molar-refractivity contribution is 5.65. The number of pyridine rings is 1. The molecule has 1 amide bonds. The van der Waals surface area contributed by atoms with E-state index in [0.717, 1.165) is 24.7 Å². The zero-order valence-electron chi connectivity index (χ0n) is 12.9. The van der Waals surface area contributed by atoms with Crippen LogP contribution in [0.4, 0.5) is 9.18 Å². The zero-order valence-corrected chi connectivity index (χ0v) is 12.9. The normalized spacial score (nSPS) is 24.1. The summed E-state index contributed by atoms with van der Waals surface area (Å²) in [5, 5.41) is 13.3. The van der Waals surface area contributed by atoms with E-state index in [9.17, 15) is 9.18 Å². The summed E-state index contributed by atoms with van der Waals surface area (Å²) in [4.78, 5) is 18.9. The Bertz CT molecular complexity index is 748. The van der Waals surface area contributed by atoms with E-state index in [2.05, 4.69) is 15.0 Å². The SMILES string of the molecule is O=C(O)N1CCN2[C@@H](CC[C@@H]2c2cc(-c3ccc(F)cn3)on2)C1. The molecule has 0 spiro atoms. The number of carbonyl (C=O) groups is 1. The van der Waals surface area contributed by atoms with Gasteiger partial charge in [-0.1, -0.05) is 5.16 Å². The van der Waals surface area contributed by atoms with E-state index in [1.807, 2.05) is 6.07 Å². The maximum atomic E-state index is 13.0. The number of nitrogens with zero attached hydrogens (tertiary/aromatic N) is 4. The first-order valence-electron chi connectivity index (χ1n) is 7.94. The Hall–Kier alpha value is -2.48. The molecular formula is C16H17FN4O3. The summed E-state index contributed by atoms with van der Waals surface area (Å²) in [6, 6.07) is 5.09. The number of piperazine rings is 1. The molecule has 24 heavy (non-hydrogen) atoms. The molecule has 2 aliphatic heterocycles. The summed E-state index contributed by atoms with van der Waals surface area (Å²) in [6.07, 6.45) is 2.14. The summed E-state index contributed by atoms with van der Waals surface area (Å²) in [5.74, 6) is 0.117. The molecule has 0 radical (unpaired) electrons. The van der Waals surface area contributed by atoms with E-state index in [1.165, 1.54) is 11.0 Å². The van der Waals surface area contributed by atoms with E-state index in [4.69, 9.17) is 9.63 Å². The Morgan fingerprint density at radius 1 is 1.33 bits per heavy atom. The van der Waals surface area contributed by atoms with Gasteiger partial charge in [0, 0.05) is 31.7 Å². The number of rotatable bonds is 2. The van der Waals surface area contributed by atoms with E-state index < -0.39 is 11.9 Å². The topological polar surface area (TPSA) is 82.7 Å². The molecule has 0 unspecified atom stereocenters. The molecule has 4 heterocycles. The van der Waals surface area contributed by atoms with Crippen LogP contribution in [0.25, 0.3) is 11.5 Å². The van der Waals surface area contributed by atoms with Crippen molar-refractivity contribution in [2.75, 3.05) is 19.6 Å². The molecule has 0 bridgehead atoms. The van der Waals surface area contributed by atoms with Crippen LogP contribution in [0.5, 0.6) is 0 Å². The first-order chi connectivity index (χ1) is 11.6. The third-order valence-electron chi connectivity index (χ3n) is 4.82. The quantitative estimate of drug-likeness (QED) is 0.909. The average Bonchev–Trinajstić information content (AvgIpc) is 3.21. The Kier molecular flexibility index (Phi) is 3.68. The highest BCUT2D eigenvalue weighted by Crippen LogP contribution is 2.38. The van der Waals surface area contributed by atoms with Gasteiger partial charge in [-0.25, -0.2) is 14.2 Å². The van der Waals surface area contributed by atoms with Crippen LogP contribution in [0.2, 0.25) is 0 Å². The standard InChI is InChI=1S/C16H17FN4O3/c17-10-1-3-12(18-8-10)15-7-13(19-24-15)14-4-2-11-9-20(16(22)23)5-6-21(11)14/h1,3,7-8,11,14H,2,4-6,9H2,(H,22,23)/t11-,14+/m0/s1. The average molecular weight is 332 g/mol. The van der Waals surface area contributed by atoms with E-state index in [-0.39, 0.29) is 12.1 Å². The molecule has 126 valence electrons. The van der Waals surface area contributed by atoms with Crippen LogP contribution < -0.4 is 0 Å². The van der Waals surface area contributed by atoms with Crippen molar-refractivity contribution >= 4 is 6.09 Å². The van der Waals surface area contributed by atoms with Gasteiger partial charge in [0.25, 0.3) is 0 Å². The van der Waals surface area contributed by atoms with E-state index >= 15 is 0 Å². The van der Waals surface area contributed by atoms with Gasteiger partial charge in [-0.3, -0.25) is 4.90 Å². The summed E-state index contributed by atoms with van der Waals surface area (Å²) < 4.78 is 18.3. The lowest BCUT2D eigenvalue weighted by Gasteiger charge is -2.38. The predicted octanol–water partition coefficient (Wildman–Crippen LogP) is 2.37. The van der Waals surface area contributed by atoms with Gasteiger partial charge in [-0.2, -0.15) is 0 Å². The fraction of sp³-hybridized carbons (Fsp3) is 0.438. The van der Waals surface area contributed by atoms with Crippen LogP contribution in [-0.2, 0) is 0 Å². The van der Waals surface area contributed by atoms with E-state index in [0.29, 0.717) is 31.1 Å². The summed E-state index contributed by atoms with van der Waals surface area (Å²) in [7, 11) is 0. The van der Waals surface area contributed by atoms with Crippen LogP contribution in [0, 0.1) is 5.82 Å². The Balaban J connectivity index is 1.51. The fourth-order valence-corrected chi connectivity index (χ4v) is 3.63. The third kappa shape index (κ3) is 2.62. The molecule has 2 aromatic rings. The van der Waals surface area contributed by atoms with Gasteiger partial charge < -0.3 is 14.5 Å². The number of amides is 1. The smallest absolute Gasteiger partial charge is 0.407 e. The molecular weight excluding hydrogens is 315 g/mol. The third-order valence-corrected chi connectivity index (χ3v) is 4.82. The van der Waals surface area contributed by atoms with Crippen molar-refractivity contribution < 1.29 is 18.8 Å². The second kappa shape index (κ2) is 5.86. The summed E-state index contributed by atoms with van der Waals surface area (Å²) in [6.45, 7) is 1.74. The van der Waals surface area contributed by atoms with Crippen molar-refractivity contribution in [3.05, 3.63) is 35.9 Å². The molecule has 1 N–H and O–H groups in total. The van der Waals surface area contributed by atoms with Gasteiger partial charge in [-0.15, -0.1) is 0 Å². The molecule has 2 aromatic heterocycles. The lowest BCUT2D eigenvalue weighted by Crippen LogP contribution is -2.52. The van der Waals surface area contributed by atoms with Crippen LogP contribution in [0.3, 0.4) is 0 Å². The first kappa shape index (κ1) is 15.1. The molecule has 2 saturated heterocycles. The van der Waals surface area contributed by atoms with Gasteiger partial charge in [0.05, 0.1) is 12.2 Å². The summed E-state index contributed by atoms with van der Waals surface area (Å²) >= 11 is 0. The number of hydrogen-bond donors (Lipinski definition) is 1. The second-order valence-corrected chi connectivity index (χ2v) is 6.19. The van der Waals surface area contributed by atoms with Crippen LogP contribution in [0.15, 0.2) is 28.9 Å². The number of hydrogen-bond acceptors (Lipinski definition) is 5. The number of aromatic nitrogens is 2. The minimum atomic E-state index is -0.857. The minimum Gasteiger partial charge on any atom is -0.465 e. The lowest BCUT2D eigenvalue weighted by molar-refractivity contribution is 0.0700. The van der Waals surface area contributed by atoms with Gasteiger partial charge in [0.1, 0.15) is 17.2 Å². The molecule has 2 aliphatic rings. The van der Waals surface area contributed by atoms with Gasteiger partial charge in [0.15, 0.2) is 5.76 Å².